The molecule has 0 saturated heterocycles. The molecule has 0 unspecified atom stereocenters. The molecule has 0 heterocycles. The Hall–Kier alpha value is -1.84. The summed E-state index contributed by atoms with van der Waals surface area (Å²) in [7, 11) is 0. The summed E-state index contributed by atoms with van der Waals surface area (Å²) in [4.78, 5) is 0. The summed E-state index contributed by atoms with van der Waals surface area (Å²) in [6.45, 7) is 0.00259. The second-order valence-corrected chi connectivity index (χ2v) is 5.84. The number of nitrogens with zero attached hydrogens (tertiary/aromatic N) is 2. The molecule has 2 aromatic carbocycles. The molecule has 0 amide bonds. The molecule has 6 heteroatoms. The molecule has 0 aliphatic heterocycles. The van der Waals surface area contributed by atoms with Gasteiger partial charge in [-0.25, -0.2) is 0 Å². The van der Waals surface area contributed by atoms with Crippen LogP contribution in [0.3, 0.4) is 0 Å². The van der Waals surface area contributed by atoms with Crippen LogP contribution < -0.4 is 10.2 Å². The summed E-state index contributed by atoms with van der Waals surface area (Å²) >= 11 is 6.78. The molecule has 21 heavy (non-hydrogen) atoms. The monoisotopic (exact) mass is 407 g/mol. The van der Waals surface area contributed by atoms with Gasteiger partial charge in [-0.05, 0) is 42.5 Å². The molecule has 2 aromatic rings. The van der Waals surface area contributed by atoms with E-state index >= 15 is 0 Å². The highest BCUT2D eigenvalue weighted by Gasteiger charge is 2.02. The van der Waals surface area contributed by atoms with Gasteiger partial charge in [0.15, 0.2) is 6.61 Å². The Morgan fingerprint density at radius 3 is 2.57 bits per heavy atom. The Morgan fingerprint density at radius 1 is 1.14 bits per heavy atom. The smallest absolute Gasteiger partial charge is 0.174 e. The zero-order chi connectivity index (χ0) is 15.1. The van der Waals surface area contributed by atoms with Crippen LogP contribution in [0.1, 0.15) is 5.56 Å². The van der Waals surface area contributed by atoms with E-state index in [1.165, 1.54) is 0 Å². The van der Waals surface area contributed by atoms with Gasteiger partial charge >= 0.3 is 0 Å². The van der Waals surface area contributed by atoms with Crippen molar-refractivity contribution in [2.75, 3.05) is 12.0 Å². The lowest BCUT2D eigenvalue weighted by molar-refractivity contribution is 0.367. The molecule has 0 atom stereocenters. The van der Waals surface area contributed by atoms with E-state index in [2.05, 4.69) is 42.4 Å². The van der Waals surface area contributed by atoms with Crippen molar-refractivity contribution in [3.63, 3.8) is 0 Å². The molecule has 0 radical (unpaired) electrons. The van der Waals surface area contributed by atoms with Gasteiger partial charge in [0.05, 0.1) is 11.9 Å². The Labute approximate surface area is 139 Å². The predicted octanol–water partition coefficient (Wildman–Crippen LogP) is 4.56. The average molecular weight is 409 g/mol. The van der Waals surface area contributed by atoms with E-state index in [-0.39, 0.29) is 6.61 Å². The van der Waals surface area contributed by atoms with Crippen molar-refractivity contribution in [2.45, 2.75) is 0 Å². The predicted molar refractivity (Wildman–Crippen MR) is 90.6 cm³/mol. The normalized spacial score (nSPS) is 10.3. The molecule has 4 nitrogen and oxygen atoms in total. The molecule has 0 aliphatic rings. The van der Waals surface area contributed by atoms with Gasteiger partial charge in [0.1, 0.15) is 11.8 Å². The Bertz CT molecular complexity index is 678. The number of hydrogen-bond acceptors (Lipinski definition) is 4. The van der Waals surface area contributed by atoms with Crippen LogP contribution >= 0.6 is 31.9 Å². The van der Waals surface area contributed by atoms with Gasteiger partial charge in [-0.1, -0.05) is 31.9 Å². The Kier molecular flexibility index (Phi) is 5.78. The number of nitriles is 1. The zero-order valence-electron chi connectivity index (χ0n) is 10.9. The third kappa shape index (κ3) is 4.88. The van der Waals surface area contributed by atoms with Crippen LogP contribution in [0, 0.1) is 11.3 Å². The van der Waals surface area contributed by atoms with Crippen molar-refractivity contribution in [1.82, 2.24) is 0 Å². The highest BCUT2D eigenvalue weighted by atomic mass is 79.9. The summed E-state index contributed by atoms with van der Waals surface area (Å²) in [5.41, 5.74) is 4.60. The van der Waals surface area contributed by atoms with E-state index in [9.17, 15) is 0 Å². The number of hydrogen-bond donors (Lipinski definition) is 1. The van der Waals surface area contributed by atoms with E-state index in [0.29, 0.717) is 5.75 Å². The van der Waals surface area contributed by atoms with Crippen molar-refractivity contribution in [3.05, 3.63) is 57.0 Å². The lowest BCUT2D eigenvalue weighted by atomic mass is 10.2. The minimum atomic E-state index is 0.00259. The second-order valence-electron chi connectivity index (χ2n) is 4.01. The number of halogens is 2. The zero-order valence-corrected chi connectivity index (χ0v) is 14.1. The first-order valence-electron chi connectivity index (χ1n) is 6.03. The van der Waals surface area contributed by atoms with Gasteiger partial charge in [0.2, 0.25) is 0 Å². The van der Waals surface area contributed by atoms with Gasteiger partial charge in [0.25, 0.3) is 0 Å². The highest BCUT2D eigenvalue weighted by molar-refractivity contribution is 9.10. The summed E-state index contributed by atoms with van der Waals surface area (Å²) in [5, 5.41) is 12.8. The van der Waals surface area contributed by atoms with E-state index in [0.717, 1.165) is 20.2 Å². The van der Waals surface area contributed by atoms with Crippen LogP contribution in [0.25, 0.3) is 0 Å². The van der Waals surface area contributed by atoms with Crippen LogP contribution in [0.15, 0.2) is 56.5 Å². The van der Waals surface area contributed by atoms with E-state index in [1.54, 1.807) is 12.3 Å². The van der Waals surface area contributed by atoms with Gasteiger partial charge in [-0.2, -0.15) is 10.4 Å². The van der Waals surface area contributed by atoms with Gasteiger partial charge < -0.3 is 4.74 Å². The average Bonchev–Trinajstić information content (AvgIpc) is 2.48. The van der Waals surface area contributed by atoms with Crippen LogP contribution in [0.5, 0.6) is 5.75 Å². The molecule has 0 bridgehead atoms. The van der Waals surface area contributed by atoms with Crippen LogP contribution in [-0.4, -0.2) is 12.8 Å². The fraction of sp³-hybridized carbons (Fsp3) is 0.0667. The Morgan fingerprint density at radius 2 is 1.86 bits per heavy atom. The van der Waals surface area contributed by atoms with Gasteiger partial charge in [-0.15, -0.1) is 0 Å². The topological polar surface area (TPSA) is 57.4 Å². The Balaban J connectivity index is 2.10. The van der Waals surface area contributed by atoms with E-state index in [1.807, 2.05) is 42.5 Å². The molecule has 0 aliphatic carbocycles. The minimum Gasteiger partial charge on any atom is -0.478 e. The molecular weight excluding hydrogens is 398 g/mol. The van der Waals surface area contributed by atoms with Crippen molar-refractivity contribution in [2.24, 2.45) is 5.10 Å². The summed E-state index contributed by atoms with van der Waals surface area (Å²) in [6, 6.07) is 15.2. The lowest BCUT2D eigenvalue weighted by Crippen LogP contribution is -1.98. The molecule has 0 spiro atoms. The number of hydrazone groups is 1. The van der Waals surface area contributed by atoms with Crippen molar-refractivity contribution < 1.29 is 4.74 Å². The molecule has 1 N–H and O–H groups in total. The third-order valence-electron chi connectivity index (χ3n) is 2.51. The first-order chi connectivity index (χ1) is 10.2. The summed E-state index contributed by atoms with van der Waals surface area (Å²) in [5.74, 6) is 0.612. The molecule has 0 aromatic heterocycles. The number of nitrogens with one attached hydrogen (secondary N) is 1. The maximum Gasteiger partial charge on any atom is 0.174 e. The summed E-state index contributed by atoms with van der Waals surface area (Å²) < 4.78 is 7.28. The number of anilines is 1. The van der Waals surface area contributed by atoms with Crippen LogP contribution in [0.2, 0.25) is 0 Å². The maximum absolute atomic E-state index is 8.59. The third-order valence-corrected chi connectivity index (χ3v) is 3.53. The standard InChI is InChI=1S/C15H11Br2N3O/c16-12-1-4-14(5-2-12)20-19-10-11-9-13(17)3-6-15(11)21-8-7-18/h1-6,9-10,20H,8H2/b19-10+. The first kappa shape index (κ1) is 15.5. The first-order valence-corrected chi connectivity index (χ1v) is 7.61. The second kappa shape index (κ2) is 7.81. The number of benzene rings is 2. The minimum absolute atomic E-state index is 0.00259. The number of rotatable bonds is 5. The van der Waals surface area contributed by atoms with Crippen molar-refractivity contribution >= 4 is 43.8 Å². The molecule has 2 rings (SSSR count). The van der Waals surface area contributed by atoms with Gasteiger partial charge in [-0.3, -0.25) is 5.43 Å². The quantitative estimate of drug-likeness (QED) is 0.582. The largest absolute Gasteiger partial charge is 0.478 e. The van der Waals surface area contributed by atoms with E-state index < -0.39 is 0 Å². The highest BCUT2D eigenvalue weighted by Crippen LogP contribution is 2.22. The lowest BCUT2D eigenvalue weighted by Gasteiger charge is -2.06. The maximum atomic E-state index is 8.59. The van der Waals surface area contributed by atoms with Crippen LogP contribution in [0.4, 0.5) is 5.69 Å². The fourth-order valence-electron chi connectivity index (χ4n) is 1.56. The molecular formula is C15H11Br2N3O. The number of ether oxygens (including phenoxy) is 1. The van der Waals surface area contributed by atoms with Crippen molar-refractivity contribution in [1.29, 1.82) is 5.26 Å². The molecule has 106 valence electrons. The summed E-state index contributed by atoms with van der Waals surface area (Å²) in [6.07, 6.45) is 1.65. The van der Waals surface area contributed by atoms with Crippen LogP contribution in [-0.2, 0) is 0 Å². The SMILES string of the molecule is N#CCOc1ccc(Br)cc1/C=N/Nc1ccc(Br)cc1. The fourth-order valence-corrected chi connectivity index (χ4v) is 2.21. The van der Waals surface area contributed by atoms with Gasteiger partial charge in [0, 0.05) is 14.5 Å². The van der Waals surface area contributed by atoms with Crippen molar-refractivity contribution in [3.8, 4) is 11.8 Å². The molecule has 0 saturated carbocycles. The van der Waals surface area contributed by atoms with E-state index in [4.69, 9.17) is 10.00 Å². The molecule has 0 fully saturated rings.